The molecule has 6 nitrogen and oxygen atoms in total. The van der Waals surface area contributed by atoms with Gasteiger partial charge in [0.05, 0.1) is 24.9 Å². The number of aryl methyl sites for hydroxylation is 1. The van der Waals surface area contributed by atoms with Crippen molar-refractivity contribution in [2.75, 3.05) is 0 Å². The maximum absolute atomic E-state index is 12.0. The first-order chi connectivity index (χ1) is 16.0. The summed E-state index contributed by atoms with van der Waals surface area (Å²) in [5.41, 5.74) is 2.03. The maximum Gasteiger partial charge on any atom is 0.315 e. The lowest BCUT2D eigenvalue weighted by Gasteiger charge is -2.11. The van der Waals surface area contributed by atoms with Gasteiger partial charge in [0.2, 0.25) is 0 Å². The normalized spacial score (nSPS) is 12.0. The smallest absolute Gasteiger partial charge is 0.315 e. The van der Waals surface area contributed by atoms with Gasteiger partial charge in [-0.3, -0.25) is 9.59 Å². The van der Waals surface area contributed by atoms with Crippen LogP contribution in [0, 0.1) is 0 Å². The molecule has 0 aliphatic rings. The fourth-order valence-electron chi connectivity index (χ4n) is 3.39. The van der Waals surface area contributed by atoms with Gasteiger partial charge in [-0.25, -0.2) is 9.97 Å². The van der Waals surface area contributed by atoms with Crippen molar-refractivity contribution in [3.8, 4) is 17.1 Å². The molecule has 0 N–H and O–H groups in total. The topological polar surface area (TPSA) is 78.4 Å². The van der Waals surface area contributed by atoms with Gasteiger partial charge in [0.1, 0.15) is 0 Å². The molecule has 0 radical (unpaired) electrons. The molecule has 1 aromatic heterocycles. The first-order valence-electron chi connectivity index (χ1n) is 11.9. The van der Waals surface area contributed by atoms with Crippen molar-refractivity contribution in [2.24, 2.45) is 0 Å². The first-order valence-corrected chi connectivity index (χ1v) is 11.9. The summed E-state index contributed by atoms with van der Waals surface area (Å²) in [7, 11) is 0. The molecular formula is C27H36N2O4. The number of ether oxygens (including phenoxy) is 2. The Morgan fingerprint density at radius 3 is 2.36 bits per heavy atom. The molecule has 2 aromatic rings. The van der Waals surface area contributed by atoms with Crippen LogP contribution in [-0.2, 0) is 20.7 Å². The van der Waals surface area contributed by atoms with Gasteiger partial charge in [-0.2, -0.15) is 0 Å². The summed E-state index contributed by atoms with van der Waals surface area (Å²) in [6, 6.07) is 7.95. The Balaban J connectivity index is 1.75. The number of allylic oxidation sites excluding steroid dienone is 1. The molecule has 33 heavy (non-hydrogen) atoms. The van der Waals surface area contributed by atoms with E-state index in [0.717, 1.165) is 36.8 Å². The quantitative estimate of drug-likeness (QED) is 0.192. The Bertz CT molecular complexity index is 876. The van der Waals surface area contributed by atoms with Crippen molar-refractivity contribution in [3.63, 3.8) is 0 Å². The number of carbonyl (C=O) groups excluding carboxylic acids is 2. The minimum atomic E-state index is -0.319. The van der Waals surface area contributed by atoms with E-state index >= 15 is 0 Å². The van der Waals surface area contributed by atoms with E-state index in [9.17, 15) is 9.59 Å². The Kier molecular flexibility index (Phi) is 11.9. The zero-order valence-electron chi connectivity index (χ0n) is 20.1. The van der Waals surface area contributed by atoms with E-state index in [0.29, 0.717) is 11.6 Å². The number of unbranched alkanes of at least 4 members (excludes halogenated alkanes) is 5. The summed E-state index contributed by atoms with van der Waals surface area (Å²) in [6.07, 6.45) is 15.9. The highest BCUT2D eigenvalue weighted by atomic mass is 16.5. The van der Waals surface area contributed by atoms with Crippen LogP contribution in [0.1, 0.15) is 77.7 Å². The number of benzene rings is 1. The van der Waals surface area contributed by atoms with Gasteiger partial charge in [-0.05, 0) is 38.2 Å². The number of carbonyl (C=O) groups is 2. The largest absolute Gasteiger partial charge is 0.463 e. The molecule has 0 saturated heterocycles. The summed E-state index contributed by atoms with van der Waals surface area (Å²) in [4.78, 5) is 31.6. The van der Waals surface area contributed by atoms with Crippen LogP contribution in [0.2, 0.25) is 0 Å². The highest BCUT2D eigenvalue weighted by molar-refractivity contribution is 5.73. The molecule has 0 bridgehead atoms. The minimum Gasteiger partial charge on any atom is -0.463 e. The van der Waals surface area contributed by atoms with Crippen LogP contribution in [0.25, 0.3) is 11.4 Å². The molecule has 0 spiro atoms. The second-order valence-corrected chi connectivity index (χ2v) is 8.25. The van der Waals surface area contributed by atoms with Crippen LogP contribution in [-0.4, -0.2) is 28.0 Å². The van der Waals surface area contributed by atoms with Crippen molar-refractivity contribution < 1.29 is 19.1 Å². The SMILES string of the molecule is CCCCCCC/C=C\CC(=O)Oc1cnc(-c2ccc(CCC(C)OC(C)=O)cc2)nc1. The monoisotopic (exact) mass is 452 g/mol. The number of hydrogen-bond acceptors (Lipinski definition) is 6. The highest BCUT2D eigenvalue weighted by Crippen LogP contribution is 2.19. The second kappa shape index (κ2) is 14.9. The van der Waals surface area contributed by atoms with E-state index < -0.39 is 0 Å². The molecule has 0 amide bonds. The molecule has 1 aromatic carbocycles. The molecule has 1 atom stereocenters. The van der Waals surface area contributed by atoms with Crippen molar-refractivity contribution in [1.82, 2.24) is 9.97 Å². The Labute approximate surface area is 197 Å². The average molecular weight is 453 g/mol. The fraction of sp³-hybridized carbons (Fsp3) is 0.481. The third-order valence-corrected chi connectivity index (χ3v) is 5.20. The van der Waals surface area contributed by atoms with E-state index in [4.69, 9.17) is 9.47 Å². The van der Waals surface area contributed by atoms with Gasteiger partial charge in [0.25, 0.3) is 0 Å². The first kappa shape index (κ1) is 26.2. The van der Waals surface area contributed by atoms with Crippen molar-refractivity contribution in [3.05, 3.63) is 54.4 Å². The number of hydrogen-bond donors (Lipinski definition) is 0. The van der Waals surface area contributed by atoms with Crippen LogP contribution in [0.5, 0.6) is 5.75 Å². The molecule has 1 heterocycles. The molecular weight excluding hydrogens is 416 g/mol. The number of aromatic nitrogens is 2. The summed E-state index contributed by atoms with van der Waals surface area (Å²) < 4.78 is 10.5. The van der Waals surface area contributed by atoms with E-state index in [1.165, 1.54) is 45.0 Å². The van der Waals surface area contributed by atoms with E-state index in [1.54, 1.807) is 0 Å². The fourth-order valence-corrected chi connectivity index (χ4v) is 3.39. The van der Waals surface area contributed by atoms with Crippen LogP contribution < -0.4 is 4.74 Å². The zero-order valence-corrected chi connectivity index (χ0v) is 20.1. The molecule has 2 rings (SSSR count). The van der Waals surface area contributed by atoms with Gasteiger partial charge >= 0.3 is 11.9 Å². The third-order valence-electron chi connectivity index (χ3n) is 5.20. The summed E-state index contributed by atoms with van der Waals surface area (Å²) >= 11 is 0. The van der Waals surface area contributed by atoms with Crippen LogP contribution in [0.4, 0.5) is 0 Å². The molecule has 178 valence electrons. The van der Waals surface area contributed by atoms with Crippen LogP contribution >= 0.6 is 0 Å². The lowest BCUT2D eigenvalue weighted by atomic mass is 10.1. The van der Waals surface area contributed by atoms with Crippen molar-refractivity contribution in [1.29, 1.82) is 0 Å². The molecule has 0 aliphatic carbocycles. The van der Waals surface area contributed by atoms with E-state index in [1.807, 2.05) is 43.3 Å². The van der Waals surface area contributed by atoms with E-state index in [2.05, 4.69) is 16.9 Å². The van der Waals surface area contributed by atoms with Gasteiger partial charge in [-0.15, -0.1) is 0 Å². The van der Waals surface area contributed by atoms with Crippen molar-refractivity contribution >= 4 is 11.9 Å². The summed E-state index contributed by atoms with van der Waals surface area (Å²) in [5.74, 6) is 0.333. The average Bonchev–Trinajstić information content (AvgIpc) is 2.80. The van der Waals surface area contributed by atoms with Crippen LogP contribution in [0.15, 0.2) is 48.8 Å². The summed E-state index contributed by atoms with van der Waals surface area (Å²) in [5, 5.41) is 0. The third kappa shape index (κ3) is 10.9. The molecule has 6 heteroatoms. The number of esters is 2. The Morgan fingerprint density at radius 1 is 1.00 bits per heavy atom. The van der Waals surface area contributed by atoms with Gasteiger partial charge in [-0.1, -0.05) is 69.0 Å². The predicted molar refractivity (Wildman–Crippen MR) is 130 cm³/mol. The predicted octanol–water partition coefficient (Wildman–Crippen LogP) is 6.24. The van der Waals surface area contributed by atoms with E-state index in [-0.39, 0.29) is 24.5 Å². The maximum atomic E-state index is 12.0. The standard InChI is InChI=1S/C27H36N2O4/c1-4-5-6-7-8-9-10-11-12-26(31)33-25-19-28-27(29-20-25)24-17-15-23(16-18-24)14-13-21(2)32-22(3)30/h10-11,15-21H,4-9,12-14H2,1-3H3/b11-10-. The number of nitrogens with zero attached hydrogens (tertiary/aromatic N) is 2. The van der Waals surface area contributed by atoms with Crippen LogP contribution in [0.3, 0.4) is 0 Å². The Hall–Kier alpha value is -3.02. The van der Waals surface area contributed by atoms with Gasteiger partial charge in [0.15, 0.2) is 11.6 Å². The van der Waals surface area contributed by atoms with Gasteiger partial charge < -0.3 is 9.47 Å². The lowest BCUT2D eigenvalue weighted by molar-refractivity contribution is -0.145. The minimum absolute atomic E-state index is 0.105. The van der Waals surface area contributed by atoms with Gasteiger partial charge in [0, 0.05) is 12.5 Å². The molecule has 1 unspecified atom stereocenters. The number of rotatable bonds is 14. The lowest BCUT2D eigenvalue weighted by Crippen LogP contribution is -2.12. The highest BCUT2D eigenvalue weighted by Gasteiger charge is 2.08. The van der Waals surface area contributed by atoms with Crippen molar-refractivity contribution in [2.45, 2.75) is 84.7 Å². The summed E-state index contributed by atoms with van der Waals surface area (Å²) in [6.45, 7) is 5.52. The second-order valence-electron chi connectivity index (χ2n) is 8.25. The molecule has 0 aliphatic heterocycles. The molecule has 0 fully saturated rings. The molecule has 0 saturated carbocycles. The Morgan fingerprint density at radius 2 is 1.70 bits per heavy atom. The zero-order chi connectivity index (χ0) is 23.9.